The SMILES string of the molecule is Nc1ccc(O)cc1.Nc1ccccc1C(=O)[O-].[K+]. The molecular formula is C13H13KN2O3. The number of aromatic hydroxyl groups is 1. The Balaban J connectivity index is 0.000000331. The summed E-state index contributed by atoms with van der Waals surface area (Å²) >= 11 is 0. The number of phenols is 1. The van der Waals surface area contributed by atoms with Crippen LogP contribution in [0.5, 0.6) is 5.75 Å². The minimum atomic E-state index is -1.24. The second-order valence-corrected chi connectivity index (χ2v) is 3.47. The van der Waals surface area contributed by atoms with E-state index in [1.807, 2.05) is 0 Å². The van der Waals surface area contributed by atoms with Crippen LogP contribution in [-0.2, 0) is 0 Å². The molecule has 2 aromatic carbocycles. The standard InChI is InChI=1S/C7H7NO2.C6H7NO.K/c8-6-4-2-1-3-5(6)7(9)10;7-5-1-3-6(8)4-2-5;/h1-4H,8H2,(H,9,10);1-4,8H,7H2;/q;;+1/p-1. The molecule has 0 aliphatic rings. The molecule has 2 rings (SSSR count). The van der Waals surface area contributed by atoms with Crippen LogP contribution in [0.15, 0.2) is 48.5 Å². The van der Waals surface area contributed by atoms with Crippen molar-refractivity contribution < 1.29 is 66.4 Å². The number of phenolic OH excluding ortho intramolecular Hbond substituents is 1. The van der Waals surface area contributed by atoms with Crippen LogP contribution in [-0.4, -0.2) is 11.1 Å². The summed E-state index contributed by atoms with van der Waals surface area (Å²) in [5, 5.41) is 18.9. The Morgan fingerprint density at radius 3 is 1.89 bits per heavy atom. The number of carboxylic acid groups (broad SMARTS) is 1. The minimum Gasteiger partial charge on any atom is -0.545 e. The number of carboxylic acids is 1. The Morgan fingerprint density at radius 2 is 1.53 bits per heavy atom. The van der Waals surface area contributed by atoms with Gasteiger partial charge in [0.05, 0.1) is 5.97 Å². The van der Waals surface area contributed by atoms with E-state index >= 15 is 0 Å². The van der Waals surface area contributed by atoms with Gasteiger partial charge in [0.25, 0.3) is 0 Å². The van der Waals surface area contributed by atoms with Gasteiger partial charge in [-0.25, -0.2) is 0 Å². The molecule has 0 amide bonds. The van der Waals surface area contributed by atoms with E-state index in [1.165, 1.54) is 12.1 Å². The number of carbonyl (C=O) groups excluding carboxylic acids is 1. The van der Waals surface area contributed by atoms with Crippen LogP contribution < -0.4 is 68.0 Å². The Kier molecular flexibility index (Phi) is 8.45. The van der Waals surface area contributed by atoms with E-state index in [2.05, 4.69) is 0 Å². The van der Waals surface area contributed by atoms with Crippen molar-refractivity contribution in [1.82, 2.24) is 0 Å². The molecule has 19 heavy (non-hydrogen) atoms. The molecule has 0 aromatic heterocycles. The molecule has 5 nitrogen and oxygen atoms in total. The topological polar surface area (TPSA) is 112 Å². The summed E-state index contributed by atoms with van der Waals surface area (Å²) < 4.78 is 0. The van der Waals surface area contributed by atoms with Crippen molar-refractivity contribution in [3.63, 3.8) is 0 Å². The second kappa shape index (κ2) is 8.95. The second-order valence-electron chi connectivity index (χ2n) is 3.47. The molecule has 0 aliphatic carbocycles. The van der Waals surface area contributed by atoms with E-state index in [9.17, 15) is 9.90 Å². The average Bonchev–Trinajstić information content (AvgIpc) is 2.34. The Morgan fingerprint density at radius 1 is 1.00 bits per heavy atom. The minimum absolute atomic E-state index is 0. The van der Waals surface area contributed by atoms with Crippen molar-refractivity contribution in [2.75, 3.05) is 11.5 Å². The summed E-state index contributed by atoms with van der Waals surface area (Å²) in [6.07, 6.45) is 0. The number of benzene rings is 2. The summed E-state index contributed by atoms with van der Waals surface area (Å²) in [5.74, 6) is -0.989. The molecule has 0 unspecified atom stereocenters. The summed E-state index contributed by atoms with van der Waals surface area (Å²) in [5.41, 5.74) is 11.6. The molecule has 5 N–H and O–H groups in total. The third-order valence-corrected chi connectivity index (χ3v) is 2.07. The van der Waals surface area contributed by atoms with E-state index in [1.54, 1.807) is 36.4 Å². The van der Waals surface area contributed by atoms with Crippen molar-refractivity contribution >= 4 is 17.3 Å². The first-order valence-electron chi connectivity index (χ1n) is 5.11. The number of carbonyl (C=O) groups is 1. The molecular weight excluding hydrogens is 271 g/mol. The van der Waals surface area contributed by atoms with Crippen molar-refractivity contribution in [3.8, 4) is 5.75 Å². The largest absolute Gasteiger partial charge is 1.00 e. The van der Waals surface area contributed by atoms with E-state index in [0.717, 1.165) is 0 Å². The number of rotatable bonds is 1. The maximum Gasteiger partial charge on any atom is 1.00 e. The number of nitrogens with two attached hydrogens (primary N) is 2. The monoisotopic (exact) mass is 284 g/mol. The van der Waals surface area contributed by atoms with Gasteiger partial charge in [0.1, 0.15) is 5.75 Å². The van der Waals surface area contributed by atoms with E-state index in [4.69, 9.17) is 16.6 Å². The van der Waals surface area contributed by atoms with Crippen molar-refractivity contribution in [2.24, 2.45) is 0 Å². The molecule has 6 heteroatoms. The number of hydrogen-bond donors (Lipinski definition) is 3. The van der Waals surface area contributed by atoms with Gasteiger partial charge in [-0.2, -0.15) is 0 Å². The van der Waals surface area contributed by atoms with E-state index < -0.39 is 5.97 Å². The van der Waals surface area contributed by atoms with Gasteiger partial charge in [-0.3, -0.25) is 0 Å². The number of nitrogen functional groups attached to an aromatic ring is 2. The van der Waals surface area contributed by atoms with Gasteiger partial charge in [0.15, 0.2) is 0 Å². The summed E-state index contributed by atoms with van der Waals surface area (Å²) in [6, 6.07) is 12.6. The molecule has 0 saturated heterocycles. The summed E-state index contributed by atoms with van der Waals surface area (Å²) in [6.45, 7) is 0. The van der Waals surface area contributed by atoms with Crippen molar-refractivity contribution in [2.45, 2.75) is 0 Å². The first-order chi connectivity index (χ1) is 8.50. The van der Waals surface area contributed by atoms with Gasteiger partial charge in [-0.1, -0.05) is 18.2 Å². The molecule has 94 valence electrons. The molecule has 0 fully saturated rings. The predicted octanol–water partition coefficient (Wildman–Crippen LogP) is -2.39. The quantitative estimate of drug-likeness (QED) is 0.307. The van der Waals surface area contributed by atoms with Crippen LogP contribution in [0.3, 0.4) is 0 Å². The normalized spacial score (nSPS) is 8.63. The fraction of sp³-hybridized carbons (Fsp3) is 0. The van der Waals surface area contributed by atoms with Crippen LogP contribution in [0, 0.1) is 0 Å². The van der Waals surface area contributed by atoms with Crippen LogP contribution >= 0.6 is 0 Å². The third kappa shape index (κ3) is 6.60. The van der Waals surface area contributed by atoms with Gasteiger partial charge in [0.2, 0.25) is 0 Å². The Bertz CT molecular complexity index is 509. The van der Waals surface area contributed by atoms with Crippen molar-refractivity contribution in [1.29, 1.82) is 0 Å². The summed E-state index contributed by atoms with van der Waals surface area (Å²) in [4.78, 5) is 10.2. The zero-order valence-corrected chi connectivity index (χ0v) is 13.7. The first-order valence-corrected chi connectivity index (χ1v) is 5.11. The molecule has 0 radical (unpaired) electrons. The van der Waals surface area contributed by atoms with Crippen molar-refractivity contribution in [3.05, 3.63) is 54.1 Å². The fourth-order valence-electron chi connectivity index (χ4n) is 1.16. The van der Waals surface area contributed by atoms with Gasteiger partial charge < -0.3 is 26.5 Å². The number of anilines is 2. The number of aromatic carboxylic acids is 1. The maximum atomic E-state index is 10.2. The first kappa shape index (κ1) is 17.9. The zero-order valence-electron chi connectivity index (χ0n) is 10.5. The molecule has 2 aromatic rings. The molecule has 0 spiro atoms. The molecule has 0 heterocycles. The fourth-order valence-corrected chi connectivity index (χ4v) is 1.16. The van der Waals surface area contributed by atoms with Crippen LogP contribution in [0.4, 0.5) is 11.4 Å². The van der Waals surface area contributed by atoms with Crippen LogP contribution in [0.2, 0.25) is 0 Å². The molecule has 0 aliphatic heterocycles. The molecule has 0 saturated carbocycles. The van der Waals surface area contributed by atoms with Gasteiger partial charge in [-0.15, -0.1) is 0 Å². The Labute approximate surface area is 153 Å². The smallest absolute Gasteiger partial charge is 0.545 e. The Hall–Kier alpha value is -1.05. The average molecular weight is 284 g/mol. The van der Waals surface area contributed by atoms with E-state index in [-0.39, 0.29) is 68.4 Å². The van der Waals surface area contributed by atoms with E-state index in [0.29, 0.717) is 5.69 Å². The van der Waals surface area contributed by atoms with Crippen LogP contribution in [0.1, 0.15) is 10.4 Å². The molecule has 0 atom stereocenters. The maximum absolute atomic E-state index is 10.2. The molecule has 0 bridgehead atoms. The summed E-state index contributed by atoms with van der Waals surface area (Å²) in [7, 11) is 0. The number of para-hydroxylation sites is 1. The van der Waals surface area contributed by atoms with Crippen LogP contribution in [0.25, 0.3) is 0 Å². The zero-order chi connectivity index (χ0) is 13.5. The van der Waals surface area contributed by atoms with Gasteiger partial charge in [-0.05, 0) is 30.3 Å². The number of hydrogen-bond acceptors (Lipinski definition) is 5. The van der Waals surface area contributed by atoms with Gasteiger partial charge >= 0.3 is 51.4 Å². The van der Waals surface area contributed by atoms with Gasteiger partial charge in [0, 0.05) is 16.9 Å². The predicted molar refractivity (Wildman–Crippen MR) is 67.7 cm³/mol. The third-order valence-electron chi connectivity index (χ3n) is 2.07.